The third kappa shape index (κ3) is 5.61. The minimum atomic E-state index is -0.567. The van der Waals surface area contributed by atoms with Crippen LogP contribution >= 0.6 is 11.6 Å². The van der Waals surface area contributed by atoms with Crippen LogP contribution in [0, 0.1) is 0 Å². The molecule has 2 N–H and O–H groups in total. The Morgan fingerprint density at radius 3 is 2.71 bits per heavy atom. The van der Waals surface area contributed by atoms with Crippen LogP contribution in [0.4, 0.5) is 4.79 Å². The van der Waals surface area contributed by atoms with Crippen molar-refractivity contribution in [2.45, 2.75) is 39.2 Å². The number of halogens is 1. The van der Waals surface area contributed by atoms with Gasteiger partial charge in [-0.05, 0) is 31.0 Å². The van der Waals surface area contributed by atoms with E-state index < -0.39 is 24.0 Å². The highest BCUT2D eigenvalue weighted by Crippen LogP contribution is 2.38. The first-order valence-corrected chi connectivity index (χ1v) is 10.5. The zero-order valence-electron chi connectivity index (χ0n) is 17.4. The van der Waals surface area contributed by atoms with E-state index in [1.807, 2.05) is 6.92 Å². The summed E-state index contributed by atoms with van der Waals surface area (Å²) in [7, 11) is 0. The molecule has 2 heterocycles. The van der Waals surface area contributed by atoms with E-state index in [0.29, 0.717) is 41.7 Å². The van der Waals surface area contributed by atoms with Crippen LogP contribution in [-0.2, 0) is 25.5 Å². The Labute approximate surface area is 185 Å². The van der Waals surface area contributed by atoms with Crippen molar-refractivity contribution < 1.29 is 33.3 Å². The van der Waals surface area contributed by atoms with Gasteiger partial charge < -0.3 is 29.6 Å². The molecule has 10 heteroatoms. The standard InChI is InChI=1S/C21H25ClN2O7/c1-3-14-18(20(26)28-4-2)15(24-21(27)23-14)11-31-17(25)10-12-8-13(22)19-16(9-12)29-6-5-7-30-19/h8-9,14H,3-7,10-11H2,1-2H3,(H2,23,24,27). The molecule has 3 rings (SSSR count). The summed E-state index contributed by atoms with van der Waals surface area (Å²) in [5.74, 6) is -0.176. The molecule has 2 amide bonds. The lowest BCUT2D eigenvalue weighted by Gasteiger charge is -2.28. The zero-order chi connectivity index (χ0) is 22.4. The number of carbonyl (C=O) groups is 3. The summed E-state index contributed by atoms with van der Waals surface area (Å²) in [6.45, 7) is 4.43. The normalized spacial score (nSPS) is 17.9. The SMILES string of the molecule is CCOC(=O)C1=C(COC(=O)Cc2cc(Cl)c3c(c2)OCCCO3)NC(=O)NC1CC. The van der Waals surface area contributed by atoms with Crippen molar-refractivity contribution in [3.63, 3.8) is 0 Å². The lowest BCUT2D eigenvalue weighted by molar-refractivity contribution is -0.143. The minimum Gasteiger partial charge on any atom is -0.489 e. The minimum absolute atomic E-state index is 0.0677. The molecule has 0 saturated heterocycles. The van der Waals surface area contributed by atoms with Crippen molar-refractivity contribution in [2.75, 3.05) is 26.4 Å². The summed E-state index contributed by atoms with van der Waals surface area (Å²) in [6, 6.07) is 2.32. The van der Waals surface area contributed by atoms with Crippen LogP contribution in [0.2, 0.25) is 5.02 Å². The predicted molar refractivity (Wildman–Crippen MR) is 111 cm³/mol. The number of amides is 2. The van der Waals surface area contributed by atoms with Crippen molar-refractivity contribution in [1.29, 1.82) is 0 Å². The number of hydrogen-bond donors (Lipinski definition) is 2. The van der Waals surface area contributed by atoms with Crippen LogP contribution in [0.3, 0.4) is 0 Å². The fourth-order valence-corrected chi connectivity index (χ4v) is 3.62. The van der Waals surface area contributed by atoms with E-state index in [1.165, 1.54) is 0 Å². The third-order valence-electron chi connectivity index (χ3n) is 4.73. The van der Waals surface area contributed by atoms with Crippen molar-refractivity contribution in [1.82, 2.24) is 10.6 Å². The highest BCUT2D eigenvalue weighted by molar-refractivity contribution is 6.32. The smallest absolute Gasteiger partial charge is 0.338 e. The second-order valence-corrected chi connectivity index (χ2v) is 7.37. The van der Waals surface area contributed by atoms with Crippen LogP contribution < -0.4 is 20.1 Å². The van der Waals surface area contributed by atoms with E-state index in [2.05, 4.69) is 10.6 Å². The van der Waals surface area contributed by atoms with Crippen LogP contribution in [-0.4, -0.2) is 50.4 Å². The summed E-state index contributed by atoms with van der Waals surface area (Å²) in [5, 5.41) is 5.56. The second-order valence-electron chi connectivity index (χ2n) is 6.96. The second kappa shape index (κ2) is 10.4. The van der Waals surface area contributed by atoms with Gasteiger partial charge in [0.15, 0.2) is 11.5 Å². The maximum atomic E-state index is 12.4. The van der Waals surface area contributed by atoms with Gasteiger partial charge >= 0.3 is 18.0 Å². The fraction of sp³-hybridized carbons (Fsp3) is 0.476. The summed E-state index contributed by atoms with van der Waals surface area (Å²) >= 11 is 6.26. The lowest BCUT2D eigenvalue weighted by atomic mass is 10.0. The molecule has 31 heavy (non-hydrogen) atoms. The van der Waals surface area contributed by atoms with E-state index in [0.717, 1.165) is 6.42 Å². The van der Waals surface area contributed by atoms with E-state index in [1.54, 1.807) is 19.1 Å². The van der Waals surface area contributed by atoms with Crippen LogP contribution in [0.5, 0.6) is 11.5 Å². The number of esters is 2. The maximum Gasteiger partial charge on any atom is 0.338 e. The number of fused-ring (bicyclic) bond motifs is 1. The molecule has 0 fully saturated rings. The first-order valence-electron chi connectivity index (χ1n) is 10.1. The average Bonchev–Trinajstić information content (AvgIpc) is 2.97. The molecular weight excluding hydrogens is 428 g/mol. The Balaban J connectivity index is 1.71. The number of urea groups is 1. The van der Waals surface area contributed by atoms with Gasteiger partial charge in [-0.15, -0.1) is 0 Å². The molecule has 0 aromatic heterocycles. The van der Waals surface area contributed by atoms with Gasteiger partial charge in [0, 0.05) is 6.42 Å². The van der Waals surface area contributed by atoms with Gasteiger partial charge in [-0.3, -0.25) is 4.79 Å². The number of carbonyl (C=O) groups excluding carboxylic acids is 3. The van der Waals surface area contributed by atoms with Gasteiger partial charge in [0.2, 0.25) is 0 Å². The number of rotatable bonds is 7. The molecule has 1 aromatic rings. The zero-order valence-corrected chi connectivity index (χ0v) is 18.2. The van der Waals surface area contributed by atoms with E-state index in [-0.39, 0.29) is 30.9 Å². The Bertz CT molecular complexity index is 900. The Morgan fingerprint density at radius 1 is 1.19 bits per heavy atom. The largest absolute Gasteiger partial charge is 0.489 e. The molecule has 1 atom stereocenters. The summed E-state index contributed by atoms with van der Waals surface area (Å²) in [6.07, 6.45) is 1.15. The number of benzene rings is 1. The first-order chi connectivity index (χ1) is 14.9. The molecule has 0 spiro atoms. The summed E-state index contributed by atoms with van der Waals surface area (Å²) in [5.41, 5.74) is 1.05. The number of nitrogens with one attached hydrogen (secondary N) is 2. The highest BCUT2D eigenvalue weighted by Gasteiger charge is 2.32. The maximum absolute atomic E-state index is 12.4. The lowest BCUT2D eigenvalue weighted by Crippen LogP contribution is -2.51. The fourth-order valence-electron chi connectivity index (χ4n) is 3.33. The number of hydrogen-bond acceptors (Lipinski definition) is 7. The van der Waals surface area contributed by atoms with E-state index in [9.17, 15) is 14.4 Å². The molecule has 0 saturated carbocycles. The summed E-state index contributed by atoms with van der Waals surface area (Å²) in [4.78, 5) is 36.7. The van der Waals surface area contributed by atoms with E-state index in [4.69, 9.17) is 30.5 Å². The topological polar surface area (TPSA) is 112 Å². The van der Waals surface area contributed by atoms with Gasteiger partial charge in [-0.2, -0.15) is 0 Å². The van der Waals surface area contributed by atoms with Crippen molar-refractivity contribution in [3.8, 4) is 11.5 Å². The molecule has 0 bridgehead atoms. The number of ether oxygens (including phenoxy) is 4. The molecule has 2 aliphatic heterocycles. The summed E-state index contributed by atoms with van der Waals surface area (Å²) < 4.78 is 21.6. The van der Waals surface area contributed by atoms with Gasteiger partial charge in [0.1, 0.15) is 6.61 Å². The van der Waals surface area contributed by atoms with Gasteiger partial charge in [-0.1, -0.05) is 18.5 Å². The quantitative estimate of drug-likeness (QED) is 0.611. The first kappa shape index (κ1) is 22.7. The van der Waals surface area contributed by atoms with Crippen LogP contribution in [0.15, 0.2) is 23.4 Å². The van der Waals surface area contributed by atoms with E-state index >= 15 is 0 Å². The Hall–Kier alpha value is -2.94. The molecule has 0 aliphatic carbocycles. The molecular formula is C21H25ClN2O7. The van der Waals surface area contributed by atoms with Crippen molar-refractivity contribution in [2.24, 2.45) is 0 Å². The van der Waals surface area contributed by atoms with Crippen molar-refractivity contribution in [3.05, 3.63) is 34.0 Å². The Kier molecular flexibility index (Phi) is 7.62. The van der Waals surface area contributed by atoms with Gasteiger partial charge in [0.05, 0.1) is 48.6 Å². The monoisotopic (exact) mass is 452 g/mol. The third-order valence-corrected chi connectivity index (χ3v) is 5.02. The molecule has 9 nitrogen and oxygen atoms in total. The van der Waals surface area contributed by atoms with Crippen LogP contribution in [0.25, 0.3) is 0 Å². The molecule has 1 unspecified atom stereocenters. The van der Waals surface area contributed by atoms with Crippen LogP contribution in [0.1, 0.15) is 32.3 Å². The predicted octanol–water partition coefficient (Wildman–Crippen LogP) is 2.50. The molecule has 2 aliphatic rings. The Morgan fingerprint density at radius 2 is 1.97 bits per heavy atom. The average molecular weight is 453 g/mol. The molecule has 1 aromatic carbocycles. The molecule has 0 radical (unpaired) electrons. The molecule has 168 valence electrons. The van der Waals surface area contributed by atoms with Crippen molar-refractivity contribution >= 4 is 29.6 Å². The van der Waals surface area contributed by atoms with Gasteiger partial charge in [-0.25, -0.2) is 9.59 Å². The van der Waals surface area contributed by atoms with Gasteiger partial charge in [0.25, 0.3) is 0 Å². The highest BCUT2D eigenvalue weighted by atomic mass is 35.5.